The zero-order chi connectivity index (χ0) is 16.8. The molecule has 23 heavy (non-hydrogen) atoms. The lowest BCUT2D eigenvalue weighted by molar-refractivity contribution is -0.384. The summed E-state index contributed by atoms with van der Waals surface area (Å²) in [5.74, 6) is -0.581. The van der Waals surface area contributed by atoms with Gasteiger partial charge in [0, 0.05) is 33.8 Å². The minimum Gasteiger partial charge on any atom is -0.458 e. The van der Waals surface area contributed by atoms with Crippen LogP contribution in [0.15, 0.2) is 48.5 Å². The van der Waals surface area contributed by atoms with Crippen molar-refractivity contribution < 1.29 is 14.5 Å². The van der Waals surface area contributed by atoms with Crippen LogP contribution >= 0.6 is 23.2 Å². The largest absolute Gasteiger partial charge is 0.458 e. The third-order valence-electron chi connectivity index (χ3n) is 2.88. The summed E-state index contributed by atoms with van der Waals surface area (Å²) in [6, 6.07) is 10.8. The summed E-state index contributed by atoms with van der Waals surface area (Å²) >= 11 is 11.8. The van der Waals surface area contributed by atoms with Crippen LogP contribution in [0.1, 0.15) is 11.1 Å². The molecule has 0 atom stereocenters. The fourth-order valence-electron chi connectivity index (χ4n) is 1.74. The number of rotatable bonds is 5. The molecule has 7 heteroatoms. The first-order valence-electron chi connectivity index (χ1n) is 6.49. The first kappa shape index (κ1) is 17.0. The summed E-state index contributed by atoms with van der Waals surface area (Å²) in [6.45, 7) is 0.00805. The number of nitrogens with zero attached hydrogens (tertiary/aromatic N) is 1. The molecular weight excluding hydrogens is 341 g/mol. The smallest absolute Gasteiger partial charge is 0.331 e. The number of hydrogen-bond acceptors (Lipinski definition) is 4. The molecule has 118 valence electrons. The molecule has 0 radical (unpaired) electrons. The predicted octanol–water partition coefficient (Wildman–Crippen LogP) is 4.66. The number of halogens is 2. The fraction of sp³-hybridized carbons (Fsp3) is 0.0625. The Morgan fingerprint density at radius 3 is 2.70 bits per heavy atom. The number of benzene rings is 2. The molecule has 2 aromatic rings. The Morgan fingerprint density at radius 1 is 1.22 bits per heavy atom. The van der Waals surface area contributed by atoms with Crippen LogP contribution in [0.4, 0.5) is 5.69 Å². The standard InChI is InChI=1S/C16H11Cl2NO4/c17-13-6-5-12(15(18)9-13)10-23-16(20)7-4-11-2-1-3-14(8-11)19(21)22/h1-9H,10H2/b7-4+. The minimum atomic E-state index is -0.581. The maximum atomic E-state index is 11.7. The summed E-state index contributed by atoms with van der Waals surface area (Å²) in [7, 11) is 0. The molecule has 2 rings (SSSR count). The molecule has 0 aliphatic carbocycles. The van der Waals surface area contributed by atoms with E-state index in [-0.39, 0.29) is 12.3 Å². The fourth-order valence-corrected chi connectivity index (χ4v) is 2.21. The molecular formula is C16H11Cl2NO4. The van der Waals surface area contributed by atoms with Gasteiger partial charge in [0.05, 0.1) is 4.92 Å². The van der Waals surface area contributed by atoms with Gasteiger partial charge in [-0.15, -0.1) is 0 Å². The summed E-state index contributed by atoms with van der Waals surface area (Å²) < 4.78 is 5.06. The molecule has 0 unspecified atom stereocenters. The zero-order valence-corrected chi connectivity index (χ0v) is 13.3. The van der Waals surface area contributed by atoms with Crippen LogP contribution in [0.5, 0.6) is 0 Å². The van der Waals surface area contributed by atoms with Crippen LogP contribution in [-0.4, -0.2) is 10.9 Å². The van der Waals surface area contributed by atoms with Crippen molar-refractivity contribution in [3.63, 3.8) is 0 Å². The van der Waals surface area contributed by atoms with Gasteiger partial charge in [-0.1, -0.05) is 41.4 Å². The highest BCUT2D eigenvalue weighted by Crippen LogP contribution is 2.21. The van der Waals surface area contributed by atoms with Crippen molar-refractivity contribution in [3.8, 4) is 0 Å². The van der Waals surface area contributed by atoms with Crippen LogP contribution in [-0.2, 0) is 16.1 Å². The molecule has 0 fully saturated rings. The molecule has 0 spiro atoms. The van der Waals surface area contributed by atoms with Gasteiger partial charge in [-0.3, -0.25) is 10.1 Å². The van der Waals surface area contributed by atoms with Crippen molar-refractivity contribution in [1.82, 2.24) is 0 Å². The average Bonchev–Trinajstić information content (AvgIpc) is 2.52. The van der Waals surface area contributed by atoms with Crippen molar-refractivity contribution in [3.05, 3.63) is 79.8 Å². The minimum absolute atomic E-state index is 0.00805. The number of carbonyl (C=O) groups excluding carboxylic acids is 1. The van der Waals surface area contributed by atoms with Gasteiger partial charge in [-0.2, -0.15) is 0 Å². The first-order valence-corrected chi connectivity index (χ1v) is 7.24. The van der Waals surface area contributed by atoms with Crippen molar-refractivity contribution >= 4 is 40.9 Å². The summed E-state index contributed by atoms with van der Waals surface area (Å²) in [5, 5.41) is 11.6. The SMILES string of the molecule is O=C(/C=C/c1cccc([N+](=O)[O-])c1)OCc1ccc(Cl)cc1Cl. The van der Waals surface area contributed by atoms with E-state index in [9.17, 15) is 14.9 Å². The highest BCUT2D eigenvalue weighted by molar-refractivity contribution is 6.35. The van der Waals surface area contributed by atoms with Crippen LogP contribution in [0.2, 0.25) is 10.0 Å². The first-order chi connectivity index (χ1) is 11.0. The van der Waals surface area contributed by atoms with Crippen LogP contribution in [0, 0.1) is 10.1 Å². The molecule has 0 saturated heterocycles. The second-order valence-electron chi connectivity index (χ2n) is 4.53. The van der Waals surface area contributed by atoms with E-state index in [1.807, 2.05) is 0 Å². The highest BCUT2D eigenvalue weighted by atomic mass is 35.5. The molecule has 0 aliphatic rings. The third kappa shape index (κ3) is 5.09. The maximum Gasteiger partial charge on any atom is 0.331 e. The summed E-state index contributed by atoms with van der Waals surface area (Å²) in [4.78, 5) is 21.8. The number of nitro benzene ring substituents is 1. The number of nitro groups is 1. The second kappa shape index (κ2) is 7.76. The van der Waals surface area contributed by atoms with Crippen LogP contribution in [0.3, 0.4) is 0 Å². The van der Waals surface area contributed by atoms with Crippen molar-refractivity contribution in [1.29, 1.82) is 0 Å². The maximum absolute atomic E-state index is 11.7. The molecule has 0 saturated carbocycles. The van der Waals surface area contributed by atoms with Gasteiger partial charge < -0.3 is 4.74 Å². The van der Waals surface area contributed by atoms with E-state index >= 15 is 0 Å². The summed E-state index contributed by atoms with van der Waals surface area (Å²) in [6.07, 6.45) is 2.64. The Kier molecular flexibility index (Phi) is 5.73. The third-order valence-corrected chi connectivity index (χ3v) is 3.46. The van der Waals surface area contributed by atoms with Crippen molar-refractivity contribution in [2.24, 2.45) is 0 Å². The Morgan fingerprint density at radius 2 is 2.00 bits per heavy atom. The lowest BCUT2D eigenvalue weighted by Crippen LogP contribution is -2.01. The Balaban J connectivity index is 1.96. The average molecular weight is 352 g/mol. The van der Waals surface area contributed by atoms with Gasteiger partial charge in [0.15, 0.2) is 0 Å². The number of hydrogen-bond donors (Lipinski definition) is 0. The molecule has 5 nitrogen and oxygen atoms in total. The molecule has 0 bridgehead atoms. The molecule has 0 amide bonds. The lowest BCUT2D eigenvalue weighted by atomic mass is 10.2. The van der Waals surface area contributed by atoms with Gasteiger partial charge in [0.25, 0.3) is 5.69 Å². The molecule has 0 N–H and O–H groups in total. The van der Waals surface area contributed by atoms with Crippen LogP contribution in [0.25, 0.3) is 6.08 Å². The van der Waals surface area contributed by atoms with Gasteiger partial charge in [0.2, 0.25) is 0 Å². The van der Waals surface area contributed by atoms with Gasteiger partial charge in [-0.05, 0) is 23.8 Å². The van der Waals surface area contributed by atoms with E-state index in [0.717, 1.165) is 0 Å². The predicted molar refractivity (Wildman–Crippen MR) is 88.4 cm³/mol. The van der Waals surface area contributed by atoms with E-state index < -0.39 is 10.9 Å². The summed E-state index contributed by atoms with van der Waals surface area (Å²) in [5.41, 5.74) is 1.11. The topological polar surface area (TPSA) is 69.4 Å². The second-order valence-corrected chi connectivity index (χ2v) is 5.37. The van der Waals surface area contributed by atoms with Gasteiger partial charge in [0.1, 0.15) is 6.61 Å². The van der Waals surface area contributed by atoms with E-state index in [1.165, 1.54) is 30.4 Å². The van der Waals surface area contributed by atoms with Crippen molar-refractivity contribution in [2.45, 2.75) is 6.61 Å². The number of ether oxygens (including phenoxy) is 1. The van der Waals surface area contributed by atoms with Gasteiger partial charge >= 0.3 is 5.97 Å². The molecule has 2 aromatic carbocycles. The molecule has 0 aromatic heterocycles. The zero-order valence-electron chi connectivity index (χ0n) is 11.7. The van der Waals surface area contributed by atoms with Crippen LogP contribution < -0.4 is 0 Å². The van der Waals surface area contributed by atoms with E-state index in [1.54, 1.807) is 24.3 Å². The monoisotopic (exact) mass is 351 g/mol. The number of non-ortho nitro benzene ring substituents is 1. The molecule has 0 heterocycles. The number of esters is 1. The number of carbonyl (C=O) groups is 1. The highest BCUT2D eigenvalue weighted by Gasteiger charge is 2.06. The van der Waals surface area contributed by atoms with E-state index in [4.69, 9.17) is 27.9 Å². The Bertz CT molecular complexity index is 774. The normalized spacial score (nSPS) is 10.7. The van der Waals surface area contributed by atoms with E-state index in [2.05, 4.69) is 0 Å². The Hall–Kier alpha value is -2.37. The quantitative estimate of drug-likeness (QED) is 0.340. The van der Waals surface area contributed by atoms with E-state index in [0.29, 0.717) is 21.2 Å². The molecule has 0 aliphatic heterocycles. The Labute approximate surface area is 142 Å². The van der Waals surface area contributed by atoms with Gasteiger partial charge in [-0.25, -0.2) is 4.79 Å². The lowest BCUT2D eigenvalue weighted by Gasteiger charge is -2.05. The van der Waals surface area contributed by atoms with Crippen molar-refractivity contribution in [2.75, 3.05) is 0 Å².